The van der Waals surface area contributed by atoms with E-state index >= 15 is 0 Å². The normalized spacial score (nSPS) is 12.7. The Hall–Kier alpha value is -3.16. The van der Waals surface area contributed by atoms with Crippen molar-refractivity contribution in [1.29, 1.82) is 0 Å². The molecular weight excluding hydrogens is 366 g/mol. The zero-order valence-electron chi connectivity index (χ0n) is 14.3. The number of benzene rings is 1. The molecule has 27 heavy (non-hydrogen) atoms. The van der Waals surface area contributed by atoms with Gasteiger partial charge < -0.3 is 10.4 Å². The smallest absolute Gasteiger partial charge is 0.337 e. The van der Waals surface area contributed by atoms with Gasteiger partial charge in [-0.05, 0) is 30.7 Å². The minimum absolute atomic E-state index is 0.0176. The van der Waals surface area contributed by atoms with Crippen LogP contribution in [0.3, 0.4) is 0 Å². The maximum atomic E-state index is 12.9. The predicted molar refractivity (Wildman–Crippen MR) is 93.2 cm³/mol. The summed E-state index contributed by atoms with van der Waals surface area (Å²) in [6.07, 6.45) is -0.176. The number of hydrogen-bond donors (Lipinski definition) is 2. The first-order chi connectivity index (χ1) is 12.7. The Kier molecular flexibility index (Phi) is 8.19. The molecule has 0 aliphatic carbocycles. The lowest BCUT2D eigenvalue weighted by molar-refractivity contribution is -0.132. The fraction of sp³-hybridized carbons (Fsp3) is 0.158. The summed E-state index contributed by atoms with van der Waals surface area (Å²) in [6, 6.07) is 2.91. The molecule has 0 heterocycles. The van der Waals surface area contributed by atoms with Crippen LogP contribution in [-0.4, -0.2) is 17.0 Å². The van der Waals surface area contributed by atoms with E-state index < -0.39 is 35.9 Å². The third kappa shape index (κ3) is 6.25. The molecule has 1 aromatic carbocycles. The minimum atomic E-state index is -3.09. The molecule has 0 aromatic heterocycles. The van der Waals surface area contributed by atoms with Crippen molar-refractivity contribution in [1.82, 2.24) is 5.32 Å². The molecule has 1 rings (SSSR count). The molecular formula is C19H17F4NO3. The van der Waals surface area contributed by atoms with Gasteiger partial charge in [-0.25, -0.2) is 22.4 Å². The van der Waals surface area contributed by atoms with Crippen molar-refractivity contribution in [2.24, 2.45) is 0 Å². The molecule has 8 heteroatoms. The number of halogens is 4. The van der Waals surface area contributed by atoms with Gasteiger partial charge in [-0.1, -0.05) is 30.9 Å². The van der Waals surface area contributed by atoms with E-state index in [1.54, 1.807) is 0 Å². The van der Waals surface area contributed by atoms with Crippen LogP contribution in [0.25, 0.3) is 6.08 Å². The summed E-state index contributed by atoms with van der Waals surface area (Å²) in [5, 5.41) is 11.4. The second-order valence-electron chi connectivity index (χ2n) is 5.14. The molecule has 0 fully saturated rings. The van der Waals surface area contributed by atoms with Gasteiger partial charge in [0.25, 0.3) is 12.9 Å². The van der Waals surface area contributed by atoms with Crippen LogP contribution in [0.1, 0.15) is 36.5 Å². The van der Waals surface area contributed by atoms with Crippen molar-refractivity contribution in [3.8, 4) is 0 Å². The SMILES string of the molecule is C=C/C=C(NC(=O)/C=C/c1ccc(C(F)F)c(C(F)F)c1)\C(=C/C)C(=O)O. The van der Waals surface area contributed by atoms with Crippen LogP contribution in [0.2, 0.25) is 0 Å². The van der Waals surface area contributed by atoms with Gasteiger partial charge in [0.2, 0.25) is 5.91 Å². The molecule has 0 saturated heterocycles. The van der Waals surface area contributed by atoms with Gasteiger partial charge in [0.15, 0.2) is 0 Å². The fourth-order valence-electron chi connectivity index (χ4n) is 2.14. The third-order valence-corrected chi connectivity index (χ3v) is 3.36. The van der Waals surface area contributed by atoms with Crippen molar-refractivity contribution in [2.45, 2.75) is 19.8 Å². The highest BCUT2D eigenvalue weighted by molar-refractivity contribution is 5.97. The average Bonchev–Trinajstić information content (AvgIpc) is 2.60. The van der Waals surface area contributed by atoms with Crippen molar-refractivity contribution in [2.75, 3.05) is 0 Å². The van der Waals surface area contributed by atoms with Crippen LogP contribution < -0.4 is 5.32 Å². The lowest BCUT2D eigenvalue weighted by atomic mass is 10.0. The highest BCUT2D eigenvalue weighted by atomic mass is 19.3. The summed E-state index contributed by atoms with van der Waals surface area (Å²) >= 11 is 0. The molecule has 144 valence electrons. The number of carboxylic acids is 1. The van der Waals surface area contributed by atoms with E-state index in [1.807, 2.05) is 0 Å². The zero-order valence-corrected chi connectivity index (χ0v) is 14.3. The van der Waals surface area contributed by atoms with E-state index in [9.17, 15) is 27.2 Å². The number of aliphatic carboxylic acids is 1. The van der Waals surface area contributed by atoms with Crippen molar-refractivity contribution >= 4 is 18.0 Å². The first kappa shape index (κ1) is 21.9. The Morgan fingerprint density at radius 2 is 1.78 bits per heavy atom. The van der Waals surface area contributed by atoms with Crippen LogP contribution >= 0.6 is 0 Å². The number of alkyl halides is 4. The molecule has 1 amide bonds. The summed E-state index contributed by atoms with van der Waals surface area (Å²) in [4.78, 5) is 23.1. The van der Waals surface area contributed by atoms with Gasteiger partial charge >= 0.3 is 5.97 Å². The highest BCUT2D eigenvalue weighted by Gasteiger charge is 2.19. The first-order valence-corrected chi connectivity index (χ1v) is 7.63. The molecule has 0 unspecified atom stereocenters. The summed E-state index contributed by atoms with van der Waals surface area (Å²) in [5.74, 6) is -2.00. The van der Waals surface area contributed by atoms with Gasteiger partial charge in [-0.15, -0.1) is 0 Å². The number of rotatable bonds is 8. The quantitative estimate of drug-likeness (QED) is 0.385. The summed E-state index contributed by atoms with van der Waals surface area (Å²) in [7, 11) is 0. The third-order valence-electron chi connectivity index (χ3n) is 3.36. The van der Waals surface area contributed by atoms with E-state index in [0.717, 1.165) is 24.3 Å². The fourth-order valence-corrected chi connectivity index (χ4v) is 2.14. The molecule has 0 bridgehead atoms. The van der Waals surface area contributed by atoms with E-state index in [4.69, 9.17) is 5.11 Å². The average molecular weight is 383 g/mol. The van der Waals surface area contributed by atoms with Gasteiger partial charge in [0, 0.05) is 17.2 Å². The Morgan fingerprint density at radius 3 is 2.26 bits per heavy atom. The van der Waals surface area contributed by atoms with Crippen LogP contribution in [0.4, 0.5) is 17.6 Å². The van der Waals surface area contributed by atoms with E-state index in [2.05, 4.69) is 11.9 Å². The standard InChI is InChI=1S/C19H17F4NO3/c1-3-5-15(12(4-2)19(26)27)24-16(25)9-7-11-6-8-13(17(20)21)14(10-11)18(22)23/h3-10,17-18H,1H2,2H3,(H,24,25)(H,26,27)/b9-7+,12-4+,15-5+. The largest absolute Gasteiger partial charge is 0.478 e. The van der Waals surface area contributed by atoms with Gasteiger partial charge in [-0.3, -0.25) is 4.79 Å². The van der Waals surface area contributed by atoms with Gasteiger partial charge in [-0.2, -0.15) is 0 Å². The molecule has 2 N–H and O–H groups in total. The number of amides is 1. The Balaban J connectivity index is 3.04. The zero-order chi connectivity index (χ0) is 20.6. The van der Waals surface area contributed by atoms with Crippen LogP contribution in [-0.2, 0) is 9.59 Å². The number of allylic oxidation sites excluding steroid dienone is 3. The van der Waals surface area contributed by atoms with Gasteiger partial charge in [0.05, 0.1) is 11.3 Å². The van der Waals surface area contributed by atoms with E-state index in [-0.39, 0.29) is 16.8 Å². The van der Waals surface area contributed by atoms with Crippen molar-refractivity contribution < 1.29 is 32.3 Å². The topological polar surface area (TPSA) is 66.4 Å². The van der Waals surface area contributed by atoms with Gasteiger partial charge in [0.1, 0.15) is 0 Å². The minimum Gasteiger partial charge on any atom is -0.478 e. The number of hydrogen-bond acceptors (Lipinski definition) is 2. The lowest BCUT2D eigenvalue weighted by Gasteiger charge is -2.09. The molecule has 0 aliphatic heterocycles. The molecule has 1 aromatic rings. The predicted octanol–water partition coefficient (Wildman–Crippen LogP) is 4.79. The molecule has 0 saturated carbocycles. The number of carbonyl (C=O) groups excluding carboxylic acids is 1. The van der Waals surface area contributed by atoms with Crippen LogP contribution in [0, 0.1) is 0 Å². The van der Waals surface area contributed by atoms with E-state index in [1.165, 1.54) is 31.2 Å². The van der Waals surface area contributed by atoms with Crippen molar-refractivity contribution in [3.63, 3.8) is 0 Å². The maximum Gasteiger partial charge on any atom is 0.337 e. The molecule has 0 spiro atoms. The molecule has 4 nitrogen and oxygen atoms in total. The maximum absolute atomic E-state index is 12.9. The lowest BCUT2D eigenvalue weighted by Crippen LogP contribution is -2.24. The Labute approximate surface area is 153 Å². The second-order valence-corrected chi connectivity index (χ2v) is 5.14. The first-order valence-electron chi connectivity index (χ1n) is 7.63. The van der Waals surface area contributed by atoms with Crippen LogP contribution in [0.15, 0.2) is 60.4 Å². The highest BCUT2D eigenvalue weighted by Crippen LogP contribution is 2.31. The summed E-state index contributed by atoms with van der Waals surface area (Å²) < 4.78 is 51.3. The van der Waals surface area contributed by atoms with Crippen molar-refractivity contribution in [3.05, 3.63) is 77.0 Å². The number of nitrogens with one attached hydrogen (secondary N) is 1. The summed E-state index contributed by atoms with van der Waals surface area (Å²) in [5.41, 5.74) is -1.67. The second kappa shape index (κ2) is 10.1. The summed E-state index contributed by atoms with van der Waals surface area (Å²) in [6.45, 7) is 4.90. The molecule has 0 atom stereocenters. The number of carbonyl (C=O) groups is 2. The van der Waals surface area contributed by atoms with Crippen LogP contribution in [0.5, 0.6) is 0 Å². The Morgan fingerprint density at radius 1 is 1.15 bits per heavy atom. The molecule has 0 aliphatic rings. The molecule has 0 radical (unpaired) electrons. The number of carboxylic acid groups (broad SMARTS) is 1. The monoisotopic (exact) mass is 383 g/mol. The van der Waals surface area contributed by atoms with E-state index in [0.29, 0.717) is 0 Å². The Bertz CT molecular complexity index is 811.